The molecule has 3 rings (SSSR count). The molecular formula is C32H58O3Si. The number of ether oxygens (including phenoxy) is 2. The molecule has 4 heteroatoms. The molecule has 0 N–H and O–H groups in total. The topological polar surface area (TPSA) is 27.7 Å². The molecule has 0 aromatic heterocycles. The van der Waals surface area contributed by atoms with E-state index in [1.807, 2.05) is 0 Å². The maximum absolute atomic E-state index is 7.08. The molecule has 0 radical (unpaired) electrons. The zero-order valence-electron chi connectivity index (χ0n) is 25.1. The first-order valence-corrected chi connectivity index (χ1v) is 17.9. The summed E-state index contributed by atoms with van der Waals surface area (Å²) in [6, 6.07) is 0. The summed E-state index contributed by atoms with van der Waals surface area (Å²) in [7, 11) is -1.87. The predicted octanol–water partition coefficient (Wildman–Crippen LogP) is 9.45. The highest BCUT2D eigenvalue weighted by molar-refractivity contribution is 6.74. The van der Waals surface area contributed by atoms with Gasteiger partial charge in [0.15, 0.2) is 14.6 Å². The Morgan fingerprint density at radius 3 is 2.56 bits per heavy atom. The molecule has 208 valence electrons. The van der Waals surface area contributed by atoms with E-state index in [0.717, 1.165) is 39.1 Å². The lowest BCUT2D eigenvalue weighted by Crippen LogP contribution is -2.51. The molecule has 1 heterocycles. The van der Waals surface area contributed by atoms with Crippen molar-refractivity contribution in [2.75, 3.05) is 19.8 Å². The first-order chi connectivity index (χ1) is 16.8. The van der Waals surface area contributed by atoms with E-state index in [9.17, 15) is 0 Å². The van der Waals surface area contributed by atoms with Crippen molar-refractivity contribution in [2.24, 2.45) is 22.7 Å². The van der Waals surface area contributed by atoms with Crippen LogP contribution in [0, 0.1) is 22.7 Å². The maximum atomic E-state index is 7.08. The Bertz CT molecular complexity index is 760. The molecule has 5 atom stereocenters. The summed E-state index contributed by atoms with van der Waals surface area (Å²) in [6.07, 6.45) is 16.0. The zero-order chi connectivity index (χ0) is 26.6. The molecule has 0 aromatic carbocycles. The van der Waals surface area contributed by atoms with Gasteiger partial charge in [0.05, 0.1) is 6.61 Å². The van der Waals surface area contributed by atoms with Gasteiger partial charge in [-0.15, -0.1) is 6.58 Å². The Balaban J connectivity index is 1.86. The van der Waals surface area contributed by atoms with Crippen LogP contribution in [0.5, 0.6) is 0 Å². The fourth-order valence-corrected chi connectivity index (χ4v) is 7.85. The third kappa shape index (κ3) is 6.96. The molecule has 0 spiro atoms. The highest BCUT2D eigenvalue weighted by atomic mass is 28.4. The maximum Gasteiger partial charge on any atom is 0.192 e. The Kier molecular flexibility index (Phi) is 10.2. The average molecular weight is 519 g/mol. The van der Waals surface area contributed by atoms with Gasteiger partial charge in [0, 0.05) is 18.6 Å². The Morgan fingerprint density at radius 2 is 1.92 bits per heavy atom. The molecule has 2 aliphatic carbocycles. The summed E-state index contributed by atoms with van der Waals surface area (Å²) in [5, 5.41) is 0.218. The van der Waals surface area contributed by atoms with E-state index in [2.05, 4.69) is 67.3 Å². The van der Waals surface area contributed by atoms with Gasteiger partial charge in [-0.3, -0.25) is 0 Å². The highest BCUT2D eigenvalue weighted by Gasteiger charge is 2.52. The number of rotatable bonds is 11. The number of fused-ring (bicyclic) bond motifs is 1. The van der Waals surface area contributed by atoms with Crippen LogP contribution in [0.3, 0.4) is 0 Å². The molecule has 3 nitrogen and oxygen atoms in total. The van der Waals surface area contributed by atoms with Crippen molar-refractivity contribution in [3.63, 3.8) is 0 Å². The Labute approximate surface area is 225 Å². The number of hydrogen-bond acceptors (Lipinski definition) is 3. The standard InChI is InChI=1S/C32H58O3Si/c1-25(2)14-12-19-31(7)20-13-15-28-27(31)18-17-26(3)32(28,24-35-36(8,9)30(4,5)6)21-23-34-29-16-10-11-22-33-29/h15,26-27,29H,1,10-14,16-24H2,2-9H3/t26-,27-,29?,31-,32+/m1/s1. The highest BCUT2D eigenvalue weighted by Crippen LogP contribution is 2.60. The van der Waals surface area contributed by atoms with E-state index in [0.29, 0.717) is 17.3 Å². The SMILES string of the molecule is C=C(C)CCC[C@]1(C)CCC=C2[C@H]1CC[C@@H](C)[C@]2(CCOC1CCCCO1)CO[Si](C)(C)C(C)(C)C. The van der Waals surface area contributed by atoms with Crippen molar-refractivity contribution in [1.29, 1.82) is 0 Å². The minimum atomic E-state index is -1.87. The third-order valence-electron chi connectivity index (χ3n) is 10.5. The zero-order valence-corrected chi connectivity index (χ0v) is 26.1. The summed E-state index contributed by atoms with van der Waals surface area (Å²) in [4.78, 5) is 0. The average Bonchev–Trinajstić information content (AvgIpc) is 2.79. The van der Waals surface area contributed by atoms with Crippen molar-refractivity contribution in [2.45, 2.75) is 137 Å². The van der Waals surface area contributed by atoms with Crippen LogP contribution in [0.25, 0.3) is 0 Å². The van der Waals surface area contributed by atoms with Crippen molar-refractivity contribution in [3.05, 3.63) is 23.8 Å². The van der Waals surface area contributed by atoms with Gasteiger partial charge in [-0.1, -0.05) is 51.8 Å². The monoisotopic (exact) mass is 518 g/mol. The molecule has 0 bridgehead atoms. The van der Waals surface area contributed by atoms with Crippen molar-refractivity contribution >= 4 is 8.32 Å². The first kappa shape index (κ1) is 30.1. The Morgan fingerprint density at radius 1 is 1.17 bits per heavy atom. The second-order valence-corrected chi connectivity index (χ2v) is 19.1. The van der Waals surface area contributed by atoms with Gasteiger partial charge in [0.2, 0.25) is 0 Å². The summed E-state index contributed by atoms with van der Waals surface area (Å²) in [5.74, 6) is 1.28. The second-order valence-electron chi connectivity index (χ2n) is 14.3. The fraction of sp³-hybridized carbons (Fsp3) is 0.875. The van der Waals surface area contributed by atoms with Gasteiger partial charge in [0.1, 0.15) is 0 Å². The molecule has 1 unspecified atom stereocenters. The van der Waals surface area contributed by atoms with E-state index in [1.54, 1.807) is 5.57 Å². The van der Waals surface area contributed by atoms with Crippen LogP contribution in [0.4, 0.5) is 0 Å². The van der Waals surface area contributed by atoms with Crippen molar-refractivity contribution < 1.29 is 13.9 Å². The Hall–Kier alpha value is -0.423. The van der Waals surface area contributed by atoms with Crippen LogP contribution in [0.1, 0.15) is 112 Å². The summed E-state index contributed by atoms with van der Waals surface area (Å²) >= 11 is 0. The minimum Gasteiger partial charge on any atom is -0.416 e. The van der Waals surface area contributed by atoms with Crippen molar-refractivity contribution in [3.8, 4) is 0 Å². The molecule has 1 aliphatic heterocycles. The normalized spacial score (nSPS) is 33.7. The molecule has 1 saturated carbocycles. The molecule has 36 heavy (non-hydrogen) atoms. The van der Waals surface area contributed by atoms with Crippen LogP contribution < -0.4 is 0 Å². The molecular weight excluding hydrogens is 460 g/mol. The molecule has 0 aromatic rings. The fourth-order valence-electron chi connectivity index (χ4n) is 6.80. The molecule has 2 fully saturated rings. The van der Waals surface area contributed by atoms with Gasteiger partial charge in [-0.05, 0) is 113 Å². The van der Waals surface area contributed by atoms with E-state index in [4.69, 9.17) is 13.9 Å². The molecule has 3 aliphatic rings. The lowest BCUT2D eigenvalue weighted by atomic mass is 9.50. The summed E-state index contributed by atoms with van der Waals surface area (Å²) in [5.41, 5.74) is 3.50. The van der Waals surface area contributed by atoms with Gasteiger partial charge in [0.25, 0.3) is 0 Å². The second kappa shape index (κ2) is 12.2. The summed E-state index contributed by atoms with van der Waals surface area (Å²) < 4.78 is 19.4. The van der Waals surface area contributed by atoms with Gasteiger partial charge in [-0.25, -0.2) is 0 Å². The van der Waals surface area contributed by atoms with Gasteiger partial charge < -0.3 is 13.9 Å². The molecule has 1 saturated heterocycles. The van der Waals surface area contributed by atoms with E-state index >= 15 is 0 Å². The van der Waals surface area contributed by atoms with Crippen LogP contribution >= 0.6 is 0 Å². The predicted molar refractivity (Wildman–Crippen MR) is 156 cm³/mol. The number of allylic oxidation sites excluding steroid dienone is 2. The van der Waals surface area contributed by atoms with Crippen LogP contribution in [-0.4, -0.2) is 34.4 Å². The smallest absolute Gasteiger partial charge is 0.192 e. The number of hydrogen-bond donors (Lipinski definition) is 0. The minimum absolute atomic E-state index is 0.0143. The van der Waals surface area contributed by atoms with Crippen molar-refractivity contribution in [1.82, 2.24) is 0 Å². The molecule has 0 amide bonds. The lowest BCUT2D eigenvalue weighted by Gasteiger charge is -2.56. The largest absolute Gasteiger partial charge is 0.416 e. The van der Waals surface area contributed by atoms with E-state index < -0.39 is 8.32 Å². The van der Waals surface area contributed by atoms with Crippen LogP contribution in [0.15, 0.2) is 23.8 Å². The first-order valence-electron chi connectivity index (χ1n) is 15.0. The third-order valence-corrected chi connectivity index (χ3v) is 15.0. The van der Waals surface area contributed by atoms with E-state index in [-0.39, 0.29) is 16.7 Å². The van der Waals surface area contributed by atoms with Gasteiger partial charge >= 0.3 is 0 Å². The quantitative estimate of drug-likeness (QED) is 0.201. The van der Waals surface area contributed by atoms with Gasteiger partial charge in [-0.2, -0.15) is 0 Å². The van der Waals surface area contributed by atoms with E-state index in [1.165, 1.54) is 56.9 Å². The summed E-state index contributed by atoms with van der Waals surface area (Å²) in [6.45, 7) is 25.8. The van der Waals surface area contributed by atoms with Crippen LogP contribution in [-0.2, 0) is 13.9 Å². The lowest BCUT2D eigenvalue weighted by molar-refractivity contribution is -0.168. The van der Waals surface area contributed by atoms with Crippen LogP contribution in [0.2, 0.25) is 18.1 Å².